The van der Waals surface area contributed by atoms with Crippen LogP contribution in [0.15, 0.2) is 41.6 Å². The van der Waals surface area contributed by atoms with Crippen molar-refractivity contribution in [2.45, 2.75) is 20.4 Å². The van der Waals surface area contributed by atoms with Crippen LogP contribution in [-0.4, -0.2) is 17.7 Å². The highest BCUT2D eigenvalue weighted by molar-refractivity contribution is 5.93. The van der Waals surface area contributed by atoms with Crippen LogP contribution in [0.1, 0.15) is 18.3 Å². The number of hydrogen-bond acceptors (Lipinski definition) is 3. The Bertz CT molecular complexity index is 512. The number of pyridine rings is 1. The van der Waals surface area contributed by atoms with E-state index in [0.717, 1.165) is 28.5 Å². The molecule has 0 saturated carbocycles. The summed E-state index contributed by atoms with van der Waals surface area (Å²) in [5, 5.41) is 0. The SMILES string of the molecule is C=C1/C=C\C(C)=NCc2nc(C)ccc2N1C. The van der Waals surface area contributed by atoms with E-state index in [0.29, 0.717) is 6.54 Å². The highest BCUT2D eigenvalue weighted by atomic mass is 15.1. The molecule has 0 N–H and O–H groups in total. The Balaban J connectivity index is 2.54. The van der Waals surface area contributed by atoms with Crippen LogP contribution in [0, 0.1) is 6.92 Å². The van der Waals surface area contributed by atoms with Crippen molar-refractivity contribution in [2.24, 2.45) is 4.99 Å². The molecular weight excluding hydrogens is 210 g/mol. The minimum atomic E-state index is 0.616. The molecule has 0 amide bonds. The molecule has 0 saturated heterocycles. The number of allylic oxidation sites excluding steroid dienone is 2. The van der Waals surface area contributed by atoms with Crippen LogP contribution in [0.4, 0.5) is 5.69 Å². The van der Waals surface area contributed by atoms with Gasteiger partial charge in [0.1, 0.15) is 0 Å². The summed E-state index contributed by atoms with van der Waals surface area (Å²) in [5.74, 6) is 0. The van der Waals surface area contributed by atoms with Gasteiger partial charge in [-0.1, -0.05) is 6.58 Å². The predicted octanol–water partition coefficient (Wildman–Crippen LogP) is 2.87. The zero-order valence-corrected chi connectivity index (χ0v) is 10.6. The van der Waals surface area contributed by atoms with Crippen molar-refractivity contribution in [1.82, 2.24) is 4.98 Å². The van der Waals surface area contributed by atoms with Crippen molar-refractivity contribution in [1.29, 1.82) is 0 Å². The fourth-order valence-corrected chi connectivity index (χ4v) is 1.76. The third-order valence-corrected chi connectivity index (χ3v) is 2.88. The van der Waals surface area contributed by atoms with Gasteiger partial charge in [0, 0.05) is 24.2 Å². The molecule has 1 aromatic rings. The van der Waals surface area contributed by atoms with Gasteiger partial charge in [-0.25, -0.2) is 0 Å². The average molecular weight is 227 g/mol. The van der Waals surface area contributed by atoms with E-state index in [4.69, 9.17) is 0 Å². The van der Waals surface area contributed by atoms with Crippen LogP contribution < -0.4 is 4.90 Å². The van der Waals surface area contributed by atoms with Gasteiger partial charge in [-0.15, -0.1) is 0 Å². The van der Waals surface area contributed by atoms with Gasteiger partial charge in [-0.3, -0.25) is 9.98 Å². The second-order valence-electron chi connectivity index (χ2n) is 4.26. The van der Waals surface area contributed by atoms with Gasteiger partial charge in [0.15, 0.2) is 0 Å². The minimum Gasteiger partial charge on any atom is -0.344 e. The van der Waals surface area contributed by atoms with Gasteiger partial charge in [-0.05, 0) is 38.1 Å². The molecule has 2 rings (SSSR count). The smallest absolute Gasteiger partial charge is 0.0857 e. The number of anilines is 1. The molecule has 2 heterocycles. The summed E-state index contributed by atoms with van der Waals surface area (Å²) in [5.41, 5.74) is 5.02. The van der Waals surface area contributed by atoms with Gasteiger partial charge >= 0.3 is 0 Å². The first-order valence-corrected chi connectivity index (χ1v) is 5.66. The predicted molar refractivity (Wildman–Crippen MR) is 72.5 cm³/mol. The lowest BCUT2D eigenvalue weighted by Gasteiger charge is -2.21. The Morgan fingerprint density at radius 1 is 1.24 bits per heavy atom. The molecule has 3 nitrogen and oxygen atoms in total. The fraction of sp³-hybridized carbons (Fsp3) is 0.286. The number of aliphatic imine (C=N–C) groups is 1. The van der Waals surface area contributed by atoms with Gasteiger partial charge in [-0.2, -0.15) is 0 Å². The molecular formula is C14H17N3. The molecule has 1 aliphatic heterocycles. The molecule has 1 aliphatic rings. The third kappa shape index (κ3) is 2.44. The molecule has 0 aliphatic carbocycles. The number of fused-ring (bicyclic) bond motifs is 1. The third-order valence-electron chi connectivity index (χ3n) is 2.88. The molecule has 0 aromatic carbocycles. The monoisotopic (exact) mass is 227 g/mol. The van der Waals surface area contributed by atoms with E-state index in [2.05, 4.69) is 22.6 Å². The molecule has 0 spiro atoms. The zero-order chi connectivity index (χ0) is 12.4. The molecule has 17 heavy (non-hydrogen) atoms. The van der Waals surface area contributed by atoms with E-state index < -0.39 is 0 Å². The summed E-state index contributed by atoms with van der Waals surface area (Å²) < 4.78 is 0. The van der Waals surface area contributed by atoms with E-state index in [1.165, 1.54) is 0 Å². The van der Waals surface area contributed by atoms with Gasteiger partial charge in [0.25, 0.3) is 0 Å². The Hall–Kier alpha value is -1.90. The molecule has 0 radical (unpaired) electrons. The maximum Gasteiger partial charge on any atom is 0.0857 e. The summed E-state index contributed by atoms with van der Waals surface area (Å²) in [6, 6.07) is 4.09. The number of aryl methyl sites for hydroxylation is 1. The van der Waals surface area contributed by atoms with Crippen molar-refractivity contribution in [3.8, 4) is 0 Å². The van der Waals surface area contributed by atoms with Crippen molar-refractivity contribution < 1.29 is 0 Å². The van der Waals surface area contributed by atoms with Crippen molar-refractivity contribution in [3.63, 3.8) is 0 Å². The van der Waals surface area contributed by atoms with Crippen LogP contribution in [0.5, 0.6) is 0 Å². The Kier molecular flexibility index (Phi) is 3.09. The Labute approximate surface area is 102 Å². The van der Waals surface area contributed by atoms with Crippen LogP contribution in [0.25, 0.3) is 0 Å². The fourth-order valence-electron chi connectivity index (χ4n) is 1.76. The summed E-state index contributed by atoms with van der Waals surface area (Å²) >= 11 is 0. The Morgan fingerprint density at radius 3 is 2.76 bits per heavy atom. The van der Waals surface area contributed by atoms with Gasteiger partial charge in [0.05, 0.1) is 17.9 Å². The first kappa shape index (κ1) is 11.6. The molecule has 0 bridgehead atoms. The first-order valence-electron chi connectivity index (χ1n) is 5.66. The topological polar surface area (TPSA) is 28.5 Å². The lowest BCUT2D eigenvalue weighted by atomic mass is 10.2. The summed E-state index contributed by atoms with van der Waals surface area (Å²) in [4.78, 5) is 11.1. The maximum atomic E-state index is 4.56. The van der Waals surface area contributed by atoms with Crippen molar-refractivity contribution >= 4 is 11.4 Å². The van der Waals surface area contributed by atoms with Gasteiger partial charge < -0.3 is 4.90 Å². The molecule has 0 unspecified atom stereocenters. The standard InChI is InChI=1S/C14H17N3/c1-10-5-7-12(3)17(4)14-8-6-11(2)16-13(14)9-15-10/h5-8H,3,9H2,1-2,4H3/b7-5-,15-10?. The molecule has 0 fully saturated rings. The van der Waals surface area contributed by atoms with E-state index in [9.17, 15) is 0 Å². The van der Waals surface area contributed by atoms with E-state index in [1.54, 1.807) is 0 Å². The lowest BCUT2D eigenvalue weighted by Crippen LogP contribution is -2.16. The highest BCUT2D eigenvalue weighted by Crippen LogP contribution is 2.23. The van der Waals surface area contributed by atoms with Crippen LogP contribution in [-0.2, 0) is 6.54 Å². The van der Waals surface area contributed by atoms with Crippen LogP contribution >= 0.6 is 0 Å². The largest absolute Gasteiger partial charge is 0.344 e. The van der Waals surface area contributed by atoms with Crippen molar-refractivity contribution in [3.05, 3.63) is 47.9 Å². The minimum absolute atomic E-state index is 0.616. The number of likely N-dealkylation sites (N-methyl/N-ethyl adjacent to an activating group) is 1. The lowest BCUT2D eigenvalue weighted by molar-refractivity contribution is 0.950. The van der Waals surface area contributed by atoms with E-state index in [1.807, 2.05) is 44.0 Å². The van der Waals surface area contributed by atoms with Crippen molar-refractivity contribution in [2.75, 3.05) is 11.9 Å². The molecule has 1 aromatic heterocycles. The van der Waals surface area contributed by atoms with Gasteiger partial charge in [0.2, 0.25) is 0 Å². The number of rotatable bonds is 0. The second-order valence-corrected chi connectivity index (χ2v) is 4.26. The molecule has 88 valence electrons. The normalized spacial score (nSPS) is 17.7. The highest BCUT2D eigenvalue weighted by Gasteiger charge is 2.11. The van der Waals surface area contributed by atoms with E-state index in [-0.39, 0.29) is 0 Å². The van der Waals surface area contributed by atoms with Crippen LogP contribution in [0.2, 0.25) is 0 Å². The Morgan fingerprint density at radius 2 is 2.00 bits per heavy atom. The number of nitrogens with zero attached hydrogens (tertiary/aromatic N) is 3. The summed E-state index contributed by atoms with van der Waals surface area (Å²) in [6.07, 6.45) is 3.96. The summed E-state index contributed by atoms with van der Waals surface area (Å²) in [7, 11) is 2.00. The molecule has 3 heteroatoms. The van der Waals surface area contributed by atoms with Crippen LogP contribution in [0.3, 0.4) is 0 Å². The average Bonchev–Trinajstić information content (AvgIpc) is 2.36. The maximum absolute atomic E-state index is 4.56. The first-order chi connectivity index (χ1) is 8.08. The molecule has 0 atom stereocenters. The quantitative estimate of drug-likeness (QED) is 0.681. The van der Waals surface area contributed by atoms with E-state index >= 15 is 0 Å². The second kappa shape index (κ2) is 4.53. The number of hydrogen-bond donors (Lipinski definition) is 0. The number of aromatic nitrogens is 1. The zero-order valence-electron chi connectivity index (χ0n) is 10.6. The summed E-state index contributed by atoms with van der Waals surface area (Å²) in [6.45, 7) is 8.65.